The first-order chi connectivity index (χ1) is 6.52. The highest BCUT2D eigenvalue weighted by Crippen LogP contribution is 2.37. The van der Waals surface area contributed by atoms with Crippen molar-refractivity contribution in [3.05, 3.63) is 0 Å². The summed E-state index contributed by atoms with van der Waals surface area (Å²) in [6, 6.07) is 0. The third kappa shape index (κ3) is 11.4. The van der Waals surface area contributed by atoms with Gasteiger partial charge in [0, 0.05) is 0 Å². The van der Waals surface area contributed by atoms with Crippen LogP contribution in [0.3, 0.4) is 0 Å². The molecule has 14 heavy (non-hydrogen) atoms. The molecule has 0 aliphatic carbocycles. The van der Waals surface area contributed by atoms with Crippen molar-refractivity contribution in [2.45, 2.75) is 12.8 Å². The predicted molar refractivity (Wildman–Crippen MR) is 79.1 cm³/mol. The highest BCUT2D eigenvalue weighted by molar-refractivity contribution is 7.60. The van der Waals surface area contributed by atoms with E-state index in [1.807, 2.05) is 0 Å². The number of hydrogen-bond acceptors (Lipinski definition) is 0. The van der Waals surface area contributed by atoms with E-state index in [0.717, 1.165) is 0 Å². The van der Waals surface area contributed by atoms with E-state index >= 15 is 0 Å². The van der Waals surface area contributed by atoms with Gasteiger partial charge >= 0.3 is 0 Å². The highest BCUT2D eigenvalue weighted by atomic mass is 31.1. The molecular weight excluding hydrogens is 225 g/mol. The topological polar surface area (TPSA) is 0 Å². The van der Waals surface area contributed by atoms with Crippen LogP contribution in [-0.2, 0) is 0 Å². The minimum Gasteiger partial charge on any atom is -0.113 e. The predicted octanol–water partition coefficient (Wildman–Crippen LogP) is 4.36. The van der Waals surface area contributed by atoms with Crippen LogP contribution in [0.5, 0.6) is 0 Å². The van der Waals surface area contributed by atoms with E-state index in [-0.39, 0.29) is 0 Å². The summed E-state index contributed by atoms with van der Waals surface area (Å²) in [6.07, 6.45) is 9.04. The zero-order valence-electron chi connectivity index (χ0n) is 10.6. The van der Waals surface area contributed by atoms with Gasteiger partial charge in [-0.25, -0.2) is 0 Å². The fourth-order valence-electron chi connectivity index (χ4n) is 1.29. The monoisotopic (exact) mass is 252 g/mol. The van der Waals surface area contributed by atoms with Crippen molar-refractivity contribution in [2.24, 2.45) is 0 Å². The largest absolute Gasteiger partial charge is 0.113 e. The highest BCUT2D eigenvalue weighted by Gasteiger charge is 2.02. The van der Waals surface area contributed by atoms with Crippen LogP contribution >= 0.6 is 23.8 Å². The Bertz CT molecular complexity index is 124. The molecule has 0 nitrogen and oxygen atoms in total. The van der Waals surface area contributed by atoms with Gasteiger partial charge in [-0.05, 0) is 70.8 Å². The van der Waals surface area contributed by atoms with Crippen LogP contribution in [0.1, 0.15) is 12.8 Å². The molecule has 1 unspecified atom stereocenters. The van der Waals surface area contributed by atoms with Crippen molar-refractivity contribution in [1.82, 2.24) is 0 Å². The first kappa shape index (κ1) is 15.3. The molecule has 0 aromatic rings. The summed E-state index contributed by atoms with van der Waals surface area (Å²) in [6.45, 7) is 12.1. The van der Waals surface area contributed by atoms with Crippen molar-refractivity contribution in [2.75, 3.05) is 58.0 Å². The van der Waals surface area contributed by atoms with Crippen LogP contribution in [0.15, 0.2) is 0 Å². The Balaban J connectivity index is 3.22. The van der Waals surface area contributed by atoms with Gasteiger partial charge in [-0.3, -0.25) is 0 Å². The van der Waals surface area contributed by atoms with Gasteiger partial charge in [0.1, 0.15) is 0 Å². The summed E-state index contributed by atoms with van der Waals surface area (Å²) in [7, 11) is 1.10. The molecule has 0 saturated heterocycles. The molecule has 3 heteroatoms. The fourth-order valence-corrected chi connectivity index (χ4v) is 6.10. The second kappa shape index (κ2) is 9.51. The SMILES string of the molecule is CP(C)CCCCP(C)CCP(C)C. The lowest BCUT2D eigenvalue weighted by atomic mass is 10.4. The van der Waals surface area contributed by atoms with Crippen LogP contribution in [0.2, 0.25) is 0 Å². The Hall–Kier alpha value is 1.29. The number of rotatable bonds is 8. The molecule has 0 saturated carbocycles. The average molecular weight is 252 g/mol. The maximum absolute atomic E-state index is 2.49. The lowest BCUT2D eigenvalue weighted by Crippen LogP contribution is -1.94. The molecule has 1 atom stereocenters. The quantitative estimate of drug-likeness (QED) is 0.444. The summed E-state index contributed by atoms with van der Waals surface area (Å²) in [4.78, 5) is 0. The molecule has 0 amide bonds. The Labute approximate surface area is 94.9 Å². The summed E-state index contributed by atoms with van der Waals surface area (Å²) >= 11 is 0. The molecule has 0 rings (SSSR count). The Morgan fingerprint density at radius 3 is 1.57 bits per heavy atom. The van der Waals surface area contributed by atoms with Crippen molar-refractivity contribution in [1.29, 1.82) is 0 Å². The van der Waals surface area contributed by atoms with Crippen molar-refractivity contribution in [3.8, 4) is 0 Å². The van der Waals surface area contributed by atoms with Gasteiger partial charge < -0.3 is 0 Å². The van der Waals surface area contributed by atoms with Crippen LogP contribution in [-0.4, -0.2) is 58.0 Å². The van der Waals surface area contributed by atoms with E-state index in [2.05, 4.69) is 33.3 Å². The third-order valence-electron chi connectivity index (χ3n) is 2.32. The molecule has 0 spiro atoms. The summed E-state index contributed by atoms with van der Waals surface area (Å²) in [5, 5.41) is 0. The zero-order valence-corrected chi connectivity index (χ0v) is 13.3. The lowest BCUT2D eigenvalue weighted by molar-refractivity contribution is 0.897. The third-order valence-corrected chi connectivity index (χ3v) is 7.07. The molecular formula is C11H27P3. The molecule has 86 valence electrons. The van der Waals surface area contributed by atoms with Gasteiger partial charge in [-0.15, -0.1) is 23.8 Å². The van der Waals surface area contributed by atoms with Crippen molar-refractivity contribution in [3.63, 3.8) is 0 Å². The van der Waals surface area contributed by atoms with E-state index in [1.165, 1.54) is 37.5 Å². The standard InChI is InChI=1S/C11H27P3/c1-12(2)8-6-7-9-14(5)11-10-13(3)4/h6-11H2,1-5H3. The van der Waals surface area contributed by atoms with Gasteiger partial charge in [-0.2, -0.15) is 0 Å². The maximum atomic E-state index is 2.49. The molecule has 0 fully saturated rings. The van der Waals surface area contributed by atoms with Crippen LogP contribution in [0, 0.1) is 0 Å². The second-order valence-electron chi connectivity index (χ2n) is 4.62. The summed E-state index contributed by atoms with van der Waals surface area (Å²) in [5.74, 6) is 0. The van der Waals surface area contributed by atoms with Crippen LogP contribution < -0.4 is 0 Å². The smallest absolute Gasteiger partial charge is 0.0289 e. The van der Waals surface area contributed by atoms with Crippen molar-refractivity contribution < 1.29 is 0 Å². The Morgan fingerprint density at radius 2 is 1.07 bits per heavy atom. The first-order valence-electron chi connectivity index (χ1n) is 5.50. The Kier molecular flexibility index (Phi) is 10.4. The lowest BCUT2D eigenvalue weighted by Gasteiger charge is -2.14. The van der Waals surface area contributed by atoms with Gasteiger partial charge in [0.15, 0.2) is 0 Å². The van der Waals surface area contributed by atoms with Gasteiger partial charge in [-0.1, -0.05) is 0 Å². The van der Waals surface area contributed by atoms with E-state index in [4.69, 9.17) is 0 Å². The van der Waals surface area contributed by atoms with Gasteiger partial charge in [0.25, 0.3) is 0 Å². The van der Waals surface area contributed by atoms with Gasteiger partial charge in [0.05, 0.1) is 0 Å². The number of unbranched alkanes of at least 4 members (excludes halogenated alkanes) is 1. The van der Waals surface area contributed by atoms with E-state index in [0.29, 0.717) is 23.8 Å². The Morgan fingerprint density at radius 1 is 0.571 bits per heavy atom. The minimum atomic E-state index is 0.358. The normalized spacial score (nSPS) is 13.9. The van der Waals surface area contributed by atoms with E-state index < -0.39 is 0 Å². The minimum absolute atomic E-state index is 0.358. The van der Waals surface area contributed by atoms with Crippen molar-refractivity contribution >= 4 is 23.8 Å². The molecule has 0 aliphatic heterocycles. The van der Waals surface area contributed by atoms with E-state index in [9.17, 15) is 0 Å². The molecule has 0 aromatic carbocycles. The fraction of sp³-hybridized carbons (Fsp3) is 1.00. The molecule has 0 N–H and O–H groups in total. The average Bonchev–Trinajstić information content (AvgIpc) is 2.08. The number of hydrogen-bond donors (Lipinski definition) is 0. The molecule has 0 aromatic heterocycles. The summed E-state index contributed by atoms with van der Waals surface area (Å²) < 4.78 is 0. The zero-order chi connectivity index (χ0) is 11.0. The molecule has 0 bridgehead atoms. The molecule has 0 radical (unpaired) electrons. The second-order valence-corrected chi connectivity index (χ2v) is 12.4. The molecule has 0 aliphatic rings. The molecule has 0 heterocycles. The van der Waals surface area contributed by atoms with E-state index in [1.54, 1.807) is 0 Å². The van der Waals surface area contributed by atoms with Crippen LogP contribution in [0.4, 0.5) is 0 Å². The first-order valence-corrected chi connectivity index (χ1v) is 12.5. The maximum Gasteiger partial charge on any atom is -0.0289 e. The van der Waals surface area contributed by atoms with Crippen LogP contribution in [0.25, 0.3) is 0 Å². The summed E-state index contributed by atoms with van der Waals surface area (Å²) in [5.41, 5.74) is 0. The van der Waals surface area contributed by atoms with Gasteiger partial charge in [0.2, 0.25) is 0 Å².